The molecule has 0 fully saturated rings. The quantitative estimate of drug-likeness (QED) is 0.561. The van der Waals surface area contributed by atoms with Gasteiger partial charge in [-0.05, 0) is 25.1 Å². The van der Waals surface area contributed by atoms with E-state index < -0.39 is 0 Å². The summed E-state index contributed by atoms with van der Waals surface area (Å²) >= 11 is 0. The summed E-state index contributed by atoms with van der Waals surface area (Å²) in [6, 6.07) is 7.55. The molecule has 0 atom stereocenters. The van der Waals surface area contributed by atoms with Crippen LogP contribution < -0.4 is 5.43 Å². The summed E-state index contributed by atoms with van der Waals surface area (Å²) in [5, 5.41) is 0. The lowest BCUT2D eigenvalue weighted by atomic mass is 10.2. The average Bonchev–Trinajstić information content (AvgIpc) is 2.13. The fourth-order valence-electron chi connectivity index (χ4n) is 0.764. The Kier molecular flexibility index (Phi) is 2.16. The first-order valence-corrected chi connectivity index (χ1v) is 3.31. The number of hydrogen-bond acceptors (Lipinski definition) is 2. The van der Waals surface area contributed by atoms with Gasteiger partial charge in [0.25, 0.3) is 0 Å². The van der Waals surface area contributed by atoms with Gasteiger partial charge in [-0.15, -0.1) is 0 Å². The number of rotatable bonds is 1. The van der Waals surface area contributed by atoms with Gasteiger partial charge in [-0.2, -0.15) is 0 Å². The van der Waals surface area contributed by atoms with Gasteiger partial charge >= 0.3 is 0 Å². The zero-order chi connectivity index (χ0) is 8.27. The summed E-state index contributed by atoms with van der Waals surface area (Å²) in [7, 11) is 0. The maximum absolute atomic E-state index is 10.8. The molecule has 0 spiro atoms. The third-order valence-corrected chi connectivity index (χ3v) is 1.37. The molecule has 11 heavy (non-hydrogen) atoms. The maximum Gasteiger partial charge on any atom is 0.178 e. The first-order chi connectivity index (χ1) is 5.20. The molecule has 2 heteroatoms. The maximum atomic E-state index is 10.8. The van der Waals surface area contributed by atoms with Crippen LogP contribution in [0.5, 0.6) is 0 Å². The lowest BCUT2D eigenvalue weighted by Gasteiger charge is -1.84. The monoisotopic (exact) mass is 148 g/mol. The Balaban J connectivity index is 3.26. The zero-order valence-electron chi connectivity index (χ0n) is 6.20. The molecule has 0 aliphatic rings. The van der Waals surface area contributed by atoms with Crippen LogP contribution in [0.3, 0.4) is 0 Å². The van der Waals surface area contributed by atoms with Crippen LogP contribution in [0.15, 0.2) is 35.1 Å². The highest BCUT2D eigenvalue weighted by Crippen LogP contribution is 1.94. The van der Waals surface area contributed by atoms with E-state index >= 15 is 0 Å². The van der Waals surface area contributed by atoms with Gasteiger partial charge in [0.1, 0.15) is 0 Å². The van der Waals surface area contributed by atoms with Crippen molar-refractivity contribution in [3.8, 4) is 0 Å². The Morgan fingerprint density at radius 2 is 1.91 bits per heavy atom. The van der Waals surface area contributed by atoms with Crippen molar-refractivity contribution in [2.75, 3.05) is 0 Å². The number of hydrogen-bond donors (Lipinski definition) is 0. The van der Waals surface area contributed by atoms with Gasteiger partial charge < -0.3 is 0 Å². The van der Waals surface area contributed by atoms with Crippen molar-refractivity contribution >= 4 is 5.78 Å². The van der Waals surface area contributed by atoms with E-state index in [1.165, 1.54) is 25.1 Å². The third-order valence-electron chi connectivity index (χ3n) is 1.37. The molecule has 1 rings (SSSR count). The van der Waals surface area contributed by atoms with E-state index in [9.17, 15) is 9.59 Å². The van der Waals surface area contributed by atoms with Crippen LogP contribution in [0.1, 0.15) is 17.3 Å². The van der Waals surface area contributed by atoms with E-state index in [-0.39, 0.29) is 11.2 Å². The molecule has 0 heterocycles. The summed E-state index contributed by atoms with van der Waals surface area (Å²) in [5.41, 5.74) is 0.476. The Morgan fingerprint density at radius 3 is 2.55 bits per heavy atom. The van der Waals surface area contributed by atoms with Crippen molar-refractivity contribution in [2.45, 2.75) is 6.92 Å². The molecule has 1 aromatic rings. The smallest absolute Gasteiger partial charge is 0.178 e. The number of carbonyl (C=O) groups is 1. The van der Waals surface area contributed by atoms with Crippen LogP contribution in [-0.2, 0) is 0 Å². The van der Waals surface area contributed by atoms with E-state index in [1.54, 1.807) is 12.1 Å². The minimum Gasteiger partial charge on any atom is -0.295 e. The summed E-state index contributed by atoms with van der Waals surface area (Å²) in [4.78, 5) is 21.5. The molecule has 0 bridgehead atoms. The zero-order valence-corrected chi connectivity index (χ0v) is 6.20. The molecule has 0 N–H and O–H groups in total. The van der Waals surface area contributed by atoms with Crippen molar-refractivity contribution in [2.24, 2.45) is 0 Å². The van der Waals surface area contributed by atoms with Crippen molar-refractivity contribution in [1.29, 1.82) is 0 Å². The van der Waals surface area contributed by atoms with Gasteiger partial charge in [0.15, 0.2) is 11.2 Å². The topological polar surface area (TPSA) is 34.1 Å². The fourth-order valence-corrected chi connectivity index (χ4v) is 0.764. The van der Waals surface area contributed by atoms with Gasteiger partial charge in [0.05, 0.1) is 0 Å². The van der Waals surface area contributed by atoms with Gasteiger partial charge in [0, 0.05) is 5.56 Å². The molecule has 0 aromatic heterocycles. The normalized spacial score (nSPS) is 9.18. The highest BCUT2D eigenvalue weighted by molar-refractivity contribution is 5.93. The van der Waals surface area contributed by atoms with Crippen LogP contribution >= 0.6 is 0 Å². The van der Waals surface area contributed by atoms with Gasteiger partial charge in [-0.3, -0.25) is 9.59 Å². The molecule has 0 aliphatic heterocycles. The molecule has 0 saturated carbocycles. The molecule has 0 aliphatic carbocycles. The van der Waals surface area contributed by atoms with Crippen molar-refractivity contribution in [3.63, 3.8) is 0 Å². The van der Waals surface area contributed by atoms with Crippen LogP contribution in [0.4, 0.5) is 0 Å². The summed E-state index contributed by atoms with van der Waals surface area (Å²) in [6.45, 7) is 1.47. The first-order valence-electron chi connectivity index (χ1n) is 3.31. The number of carbonyl (C=O) groups excluding carboxylic acids is 1. The minimum atomic E-state index is -0.0856. The van der Waals surface area contributed by atoms with Gasteiger partial charge in [-0.1, -0.05) is 12.1 Å². The van der Waals surface area contributed by atoms with E-state index in [0.29, 0.717) is 5.56 Å². The molecule has 0 saturated heterocycles. The fraction of sp³-hybridized carbons (Fsp3) is 0.111. The third kappa shape index (κ3) is 2.00. The largest absolute Gasteiger partial charge is 0.295 e. The molecule has 0 radical (unpaired) electrons. The summed E-state index contributed by atoms with van der Waals surface area (Å²) < 4.78 is 0. The van der Waals surface area contributed by atoms with E-state index in [1.807, 2.05) is 0 Å². The second-order valence-corrected chi connectivity index (χ2v) is 2.27. The highest BCUT2D eigenvalue weighted by Gasteiger charge is 1.93. The van der Waals surface area contributed by atoms with E-state index in [0.717, 1.165) is 0 Å². The molecular formula is C9H8O2. The lowest BCUT2D eigenvalue weighted by Crippen LogP contribution is -1.90. The number of ketones is 1. The first kappa shape index (κ1) is 7.66. The van der Waals surface area contributed by atoms with Crippen molar-refractivity contribution in [1.82, 2.24) is 0 Å². The SMILES string of the molecule is CC(=O)c1cccc(=O)cc1. The molecule has 0 amide bonds. The minimum absolute atomic E-state index is 0.0272. The lowest BCUT2D eigenvalue weighted by molar-refractivity contribution is 0.101. The van der Waals surface area contributed by atoms with Crippen molar-refractivity contribution < 1.29 is 4.79 Å². The molecule has 1 aromatic carbocycles. The van der Waals surface area contributed by atoms with E-state index in [2.05, 4.69) is 0 Å². The summed E-state index contributed by atoms with van der Waals surface area (Å²) in [6.07, 6.45) is 0. The van der Waals surface area contributed by atoms with Crippen LogP contribution in [0, 0.1) is 0 Å². The molecule has 2 nitrogen and oxygen atoms in total. The summed E-state index contributed by atoms with van der Waals surface area (Å²) in [5.74, 6) is -0.0272. The second-order valence-electron chi connectivity index (χ2n) is 2.27. The van der Waals surface area contributed by atoms with Gasteiger partial charge in [0.2, 0.25) is 0 Å². The Bertz CT molecular complexity index is 328. The van der Waals surface area contributed by atoms with Crippen molar-refractivity contribution in [3.05, 3.63) is 46.1 Å². The predicted molar refractivity (Wildman–Crippen MR) is 42.7 cm³/mol. The Labute approximate surface area is 64.5 Å². The van der Waals surface area contributed by atoms with Crippen LogP contribution in [-0.4, -0.2) is 5.78 Å². The number of Topliss-reactive ketones (excluding diaryl/α,β-unsaturated/α-hetero) is 1. The van der Waals surface area contributed by atoms with E-state index in [4.69, 9.17) is 0 Å². The molecule has 0 unspecified atom stereocenters. The Hall–Kier alpha value is -1.44. The Morgan fingerprint density at radius 1 is 1.18 bits per heavy atom. The van der Waals surface area contributed by atoms with Gasteiger partial charge in [-0.25, -0.2) is 0 Å². The predicted octanol–water partition coefficient (Wildman–Crippen LogP) is 1.25. The highest BCUT2D eigenvalue weighted by atomic mass is 16.1. The molecular weight excluding hydrogens is 140 g/mol. The van der Waals surface area contributed by atoms with Crippen LogP contribution in [0.2, 0.25) is 0 Å². The van der Waals surface area contributed by atoms with Crippen LogP contribution in [0.25, 0.3) is 0 Å². The average molecular weight is 148 g/mol. The standard InChI is InChI=1S/C9H8O2/c1-7(10)8-3-2-4-9(11)6-5-8/h2-6H,1H3. The second kappa shape index (κ2) is 3.10. The molecule has 56 valence electrons.